The molecule has 1 aromatic carbocycles. The fourth-order valence-electron chi connectivity index (χ4n) is 1.22. The van der Waals surface area contributed by atoms with Crippen molar-refractivity contribution in [3.8, 4) is 11.5 Å². The molecule has 0 aliphatic carbocycles. The second-order valence-electron chi connectivity index (χ2n) is 3.06. The molecule has 2 N–H and O–H groups in total. The maximum Gasteiger partial charge on any atom is 0.279 e. The van der Waals surface area contributed by atoms with Crippen LogP contribution in [0.25, 0.3) is 0 Å². The monoisotopic (exact) mass is 218 g/mol. The summed E-state index contributed by atoms with van der Waals surface area (Å²) in [6.45, 7) is -0.640. The van der Waals surface area contributed by atoms with E-state index in [1.165, 1.54) is 13.2 Å². The number of benzene rings is 1. The summed E-state index contributed by atoms with van der Waals surface area (Å²) in [5.74, 6) is -3.46. The summed E-state index contributed by atoms with van der Waals surface area (Å²) >= 11 is 0. The first-order chi connectivity index (χ1) is 7.01. The summed E-state index contributed by atoms with van der Waals surface area (Å²) in [5.41, 5.74) is -0.502. The van der Waals surface area contributed by atoms with Crippen molar-refractivity contribution in [3.05, 3.63) is 23.8 Å². The van der Waals surface area contributed by atoms with Crippen LogP contribution in [0.4, 0.5) is 8.78 Å². The Kier molecular flexibility index (Phi) is 3.47. The Morgan fingerprint density at radius 2 is 2.07 bits per heavy atom. The van der Waals surface area contributed by atoms with Crippen LogP contribution in [0.15, 0.2) is 18.2 Å². The Morgan fingerprint density at radius 3 is 2.53 bits per heavy atom. The lowest BCUT2D eigenvalue weighted by Crippen LogP contribution is -2.15. The Balaban J connectivity index is 3.04. The SMILES string of the molecule is COc1ccc(C(F)(F)CCO)c(O)c1. The molecule has 0 radical (unpaired) electrons. The van der Waals surface area contributed by atoms with E-state index in [0.717, 1.165) is 12.1 Å². The number of methoxy groups -OCH3 is 1. The van der Waals surface area contributed by atoms with Crippen molar-refractivity contribution in [1.29, 1.82) is 0 Å². The molecule has 0 atom stereocenters. The third kappa shape index (κ3) is 2.56. The third-order valence-electron chi connectivity index (χ3n) is 2.02. The summed E-state index contributed by atoms with van der Waals surface area (Å²) in [5, 5.41) is 17.8. The number of aromatic hydroxyl groups is 1. The minimum Gasteiger partial charge on any atom is -0.507 e. The Labute approximate surface area is 85.9 Å². The van der Waals surface area contributed by atoms with E-state index < -0.39 is 30.3 Å². The molecule has 1 rings (SSSR count). The van der Waals surface area contributed by atoms with E-state index in [-0.39, 0.29) is 0 Å². The fourth-order valence-corrected chi connectivity index (χ4v) is 1.22. The van der Waals surface area contributed by atoms with Gasteiger partial charge in [0.2, 0.25) is 0 Å². The summed E-state index contributed by atoms with van der Waals surface area (Å²) < 4.78 is 31.4. The van der Waals surface area contributed by atoms with Gasteiger partial charge in [0, 0.05) is 19.1 Å². The van der Waals surface area contributed by atoms with Crippen molar-refractivity contribution in [2.24, 2.45) is 0 Å². The maximum absolute atomic E-state index is 13.3. The topological polar surface area (TPSA) is 49.7 Å². The van der Waals surface area contributed by atoms with E-state index in [0.29, 0.717) is 5.75 Å². The molecule has 15 heavy (non-hydrogen) atoms. The number of hydrogen-bond donors (Lipinski definition) is 2. The van der Waals surface area contributed by atoms with E-state index in [9.17, 15) is 13.9 Å². The highest BCUT2D eigenvalue weighted by Crippen LogP contribution is 2.38. The second kappa shape index (κ2) is 4.44. The van der Waals surface area contributed by atoms with Crippen molar-refractivity contribution in [2.75, 3.05) is 13.7 Å². The Morgan fingerprint density at radius 1 is 1.40 bits per heavy atom. The molecule has 3 nitrogen and oxygen atoms in total. The molecule has 0 aliphatic heterocycles. The first-order valence-electron chi connectivity index (χ1n) is 4.37. The normalized spacial score (nSPS) is 11.5. The molecule has 0 fully saturated rings. The zero-order chi connectivity index (χ0) is 11.5. The lowest BCUT2D eigenvalue weighted by molar-refractivity contribution is -0.0287. The zero-order valence-corrected chi connectivity index (χ0v) is 8.20. The number of aliphatic hydroxyl groups excluding tert-OH is 1. The lowest BCUT2D eigenvalue weighted by atomic mass is 10.0. The van der Waals surface area contributed by atoms with Gasteiger partial charge in [-0.3, -0.25) is 0 Å². The van der Waals surface area contributed by atoms with Gasteiger partial charge < -0.3 is 14.9 Å². The predicted molar refractivity (Wildman–Crippen MR) is 50.3 cm³/mol. The third-order valence-corrected chi connectivity index (χ3v) is 2.02. The van der Waals surface area contributed by atoms with Gasteiger partial charge in [-0.25, -0.2) is 8.78 Å². The van der Waals surface area contributed by atoms with Crippen molar-refractivity contribution in [2.45, 2.75) is 12.3 Å². The van der Waals surface area contributed by atoms with Gasteiger partial charge in [0.1, 0.15) is 11.5 Å². The molecular weight excluding hydrogens is 206 g/mol. The molecule has 0 aromatic heterocycles. The minimum absolute atomic E-state index is 0.302. The number of ether oxygens (including phenoxy) is 1. The van der Waals surface area contributed by atoms with Crippen LogP contribution in [-0.2, 0) is 5.92 Å². The Bertz CT molecular complexity index is 339. The molecule has 0 saturated heterocycles. The summed E-state index contributed by atoms with van der Waals surface area (Å²) in [7, 11) is 1.38. The van der Waals surface area contributed by atoms with Crippen LogP contribution in [0.5, 0.6) is 11.5 Å². The van der Waals surface area contributed by atoms with Crippen LogP contribution in [0.3, 0.4) is 0 Å². The predicted octanol–water partition coefficient (Wildman–Crippen LogP) is 1.87. The highest BCUT2D eigenvalue weighted by molar-refractivity contribution is 5.42. The van der Waals surface area contributed by atoms with Gasteiger partial charge in [0.05, 0.1) is 12.7 Å². The highest BCUT2D eigenvalue weighted by atomic mass is 19.3. The zero-order valence-electron chi connectivity index (χ0n) is 8.20. The van der Waals surface area contributed by atoms with Crippen molar-refractivity contribution in [3.63, 3.8) is 0 Å². The summed E-state index contributed by atoms with van der Waals surface area (Å²) in [4.78, 5) is 0. The van der Waals surface area contributed by atoms with Gasteiger partial charge in [-0.1, -0.05) is 0 Å². The molecule has 0 spiro atoms. The smallest absolute Gasteiger partial charge is 0.279 e. The molecule has 1 aromatic rings. The molecule has 0 saturated carbocycles. The van der Waals surface area contributed by atoms with E-state index in [4.69, 9.17) is 9.84 Å². The van der Waals surface area contributed by atoms with Crippen LogP contribution >= 0.6 is 0 Å². The first kappa shape index (κ1) is 11.7. The molecule has 0 bridgehead atoms. The van der Waals surface area contributed by atoms with Crippen LogP contribution < -0.4 is 4.74 Å². The molecule has 0 amide bonds. The van der Waals surface area contributed by atoms with Crippen LogP contribution in [0.1, 0.15) is 12.0 Å². The van der Waals surface area contributed by atoms with Crippen LogP contribution in [-0.4, -0.2) is 23.9 Å². The summed E-state index contributed by atoms with van der Waals surface area (Å²) in [6.07, 6.45) is -0.715. The number of rotatable bonds is 4. The van der Waals surface area contributed by atoms with Gasteiger partial charge in [-0.05, 0) is 12.1 Å². The lowest BCUT2D eigenvalue weighted by Gasteiger charge is -2.17. The molecule has 0 aliphatic rings. The van der Waals surface area contributed by atoms with E-state index in [1.54, 1.807) is 0 Å². The van der Waals surface area contributed by atoms with E-state index in [1.807, 2.05) is 0 Å². The van der Waals surface area contributed by atoms with Crippen LogP contribution in [0, 0.1) is 0 Å². The van der Waals surface area contributed by atoms with Crippen molar-refractivity contribution in [1.82, 2.24) is 0 Å². The molecule has 0 heterocycles. The number of alkyl halides is 2. The molecule has 84 valence electrons. The van der Waals surface area contributed by atoms with Gasteiger partial charge in [0.15, 0.2) is 0 Å². The molecule has 5 heteroatoms. The number of aliphatic hydroxyl groups is 1. The van der Waals surface area contributed by atoms with Gasteiger partial charge in [0.25, 0.3) is 5.92 Å². The minimum atomic E-state index is -3.23. The number of hydrogen-bond acceptors (Lipinski definition) is 3. The first-order valence-corrected chi connectivity index (χ1v) is 4.37. The van der Waals surface area contributed by atoms with Gasteiger partial charge in [-0.15, -0.1) is 0 Å². The average molecular weight is 218 g/mol. The Hall–Kier alpha value is -1.36. The quantitative estimate of drug-likeness (QED) is 0.811. The number of phenols is 1. The fraction of sp³-hybridized carbons (Fsp3) is 0.400. The van der Waals surface area contributed by atoms with Crippen molar-refractivity contribution >= 4 is 0 Å². The number of halogens is 2. The van der Waals surface area contributed by atoms with Crippen LogP contribution in [0.2, 0.25) is 0 Å². The standard InChI is InChI=1S/C10H12F2O3/c1-15-7-2-3-8(9(14)6-7)10(11,12)4-5-13/h2-3,6,13-14H,4-5H2,1H3. The average Bonchev–Trinajstić information content (AvgIpc) is 2.17. The second-order valence-corrected chi connectivity index (χ2v) is 3.06. The molecular formula is C10H12F2O3. The van der Waals surface area contributed by atoms with Gasteiger partial charge in [-0.2, -0.15) is 0 Å². The molecule has 0 unspecified atom stereocenters. The highest BCUT2D eigenvalue weighted by Gasteiger charge is 2.33. The number of phenolic OH excluding ortho intramolecular Hbond substituents is 1. The summed E-state index contributed by atoms with van der Waals surface area (Å²) in [6, 6.07) is 3.53. The maximum atomic E-state index is 13.3. The van der Waals surface area contributed by atoms with Crippen molar-refractivity contribution < 1.29 is 23.7 Å². The van der Waals surface area contributed by atoms with E-state index in [2.05, 4.69) is 0 Å². The van der Waals surface area contributed by atoms with Gasteiger partial charge >= 0.3 is 0 Å². The van der Waals surface area contributed by atoms with E-state index >= 15 is 0 Å². The largest absolute Gasteiger partial charge is 0.507 e.